The summed E-state index contributed by atoms with van der Waals surface area (Å²) in [5.74, 6) is 1.35. The van der Waals surface area contributed by atoms with E-state index in [0.29, 0.717) is 18.3 Å². The van der Waals surface area contributed by atoms with E-state index < -0.39 is 0 Å². The first-order valence-corrected chi connectivity index (χ1v) is 6.73. The first-order valence-electron chi connectivity index (χ1n) is 6.73. The van der Waals surface area contributed by atoms with Crippen LogP contribution in [-0.4, -0.2) is 11.6 Å². The van der Waals surface area contributed by atoms with Gasteiger partial charge in [0.05, 0.1) is 0 Å². The normalized spacial score (nSPS) is 29.4. The van der Waals surface area contributed by atoms with Gasteiger partial charge in [0.1, 0.15) is 0 Å². The van der Waals surface area contributed by atoms with Crippen LogP contribution in [0.4, 0.5) is 0 Å². The zero-order valence-corrected chi connectivity index (χ0v) is 11.5. The van der Waals surface area contributed by atoms with Gasteiger partial charge in [0.25, 0.3) is 0 Å². The van der Waals surface area contributed by atoms with E-state index in [1.54, 1.807) is 12.2 Å². The molecule has 0 radical (unpaired) electrons. The van der Waals surface area contributed by atoms with Crippen LogP contribution in [0.3, 0.4) is 0 Å². The summed E-state index contributed by atoms with van der Waals surface area (Å²) in [4.78, 5) is 21.7. The molecule has 2 rings (SSSR count). The van der Waals surface area contributed by atoms with E-state index in [0.717, 1.165) is 12.8 Å². The Balaban J connectivity index is 0.000000191. The van der Waals surface area contributed by atoms with Crippen molar-refractivity contribution >= 4 is 11.6 Å². The molecular formula is C17H22O2. The molecule has 0 N–H and O–H groups in total. The fourth-order valence-electron chi connectivity index (χ4n) is 2.17. The summed E-state index contributed by atoms with van der Waals surface area (Å²) in [6, 6.07) is 0. The molecule has 0 aromatic carbocycles. The minimum absolute atomic E-state index is 0.141. The average molecular weight is 258 g/mol. The number of rotatable bonds is 2. The maximum atomic E-state index is 11.0. The van der Waals surface area contributed by atoms with Crippen LogP contribution >= 0.6 is 0 Å². The summed E-state index contributed by atoms with van der Waals surface area (Å²) in [6.07, 6.45) is 13.5. The van der Waals surface area contributed by atoms with Crippen LogP contribution in [0.5, 0.6) is 0 Å². The van der Waals surface area contributed by atoms with Gasteiger partial charge in [-0.3, -0.25) is 9.59 Å². The Labute approximate surface area is 115 Å². The molecule has 2 aliphatic carbocycles. The molecule has 1 unspecified atom stereocenters. The molecular weight excluding hydrogens is 236 g/mol. The van der Waals surface area contributed by atoms with Crippen molar-refractivity contribution in [1.82, 2.24) is 0 Å². The van der Waals surface area contributed by atoms with Crippen molar-refractivity contribution in [3.63, 3.8) is 0 Å². The monoisotopic (exact) mass is 258 g/mol. The summed E-state index contributed by atoms with van der Waals surface area (Å²) in [5.41, 5.74) is 0. The average Bonchev–Trinajstić information content (AvgIpc) is 2.42. The van der Waals surface area contributed by atoms with Crippen LogP contribution in [0, 0.1) is 17.8 Å². The molecule has 0 heterocycles. The fourth-order valence-corrected chi connectivity index (χ4v) is 2.17. The Morgan fingerprint density at radius 3 is 2.26 bits per heavy atom. The highest BCUT2D eigenvalue weighted by molar-refractivity contribution is 5.92. The highest BCUT2D eigenvalue weighted by atomic mass is 16.1. The molecule has 0 spiro atoms. The molecule has 0 fully saturated rings. The number of allylic oxidation sites excluding steroid dienone is 6. The molecule has 0 aromatic rings. The van der Waals surface area contributed by atoms with Crippen molar-refractivity contribution in [1.29, 1.82) is 0 Å². The van der Waals surface area contributed by atoms with Crippen molar-refractivity contribution < 1.29 is 9.59 Å². The number of carbonyl (C=O) groups excluding carboxylic acids is 2. The zero-order chi connectivity index (χ0) is 14.3. The van der Waals surface area contributed by atoms with Gasteiger partial charge >= 0.3 is 0 Å². The molecule has 102 valence electrons. The van der Waals surface area contributed by atoms with Gasteiger partial charge in [0.2, 0.25) is 0 Å². The van der Waals surface area contributed by atoms with Gasteiger partial charge in [-0.25, -0.2) is 0 Å². The van der Waals surface area contributed by atoms with E-state index in [1.165, 1.54) is 0 Å². The van der Waals surface area contributed by atoms with Gasteiger partial charge in [0, 0.05) is 12.3 Å². The molecule has 0 amide bonds. The number of hydrogen-bond donors (Lipinski definition) is 0. The Morgan fingerprint density at radius 2 is 1.79 bits per heavy atom. The molecule has 0 aliphatic heterocycles. The molecule has 0 aromatic heterocycles. The Kier molecular flexibility index (Phi) is 6.20. The smallest absolute Gasteiger partial charge is 0.158 e. The van der Waals surface area contributed by atoms with Gasteiger partial charge in [0.15, 0.2) is 11.6 Å². The Morgan fingerprint density at radius 1 is 1.11 bits per heavy atom. The number of carbonyl (C=O) groups is 2. The molecule has 19 heavy (non-hydrogen) atoms. The summed E-state index contributed by atoms with van der Waals surface area (Å²) < 4.78 is 0. The van der Waals surface area contributed by atoms with Crippen molar-refractivity contribution in [3.05, 3.63) is 49.6 Å². The topological polar surface area (TPSA) is 34.1 Å². The molecule has 2 heteroatoms. The first kappa shape index (κ1) is 15.4. The van der Waals surface area contributed by atoms with Crippen LogP contribution in [-0.2, 0) is 9.59 Å². The lowest BCUT2D eigenvalue weighted by Crippen LogP contribution is -2.20. The third-order valence-electron chi connectivity index (χ3n) is 3.62. The summed E-state index contributed by atoms with van der Waals surface area (Å²) in [6.45, 7) is 9.27. The maximum Gasteiger partial charge on any atom is 0.158 e. The molecule has 2 nitrogen and oxygen atoms in total. The van der Waals surface area contributed by atoms with Crippen LogP contribution in [0.15, 0.2) is 49.6 Å². The SMILES string of the molecule is C=C[C@@H]1CC=CC(=O)C1.C=C[C@@H]1CC=CC(=O)C1C. The lowest BCUT2D eigenvalue weighted by molar-refractivity contribution is -0.119. The highest BCUT2D eigenvalue weighted by Crippen LogP contribution is 2.22. The standard InChI is InChI=1S/C9H12O.C8H10O/c1-3-8-5-4-6-9(10)7(8)2;1-2-7-4-3-5-8(9)6-7/h3-4,6-8H,1,5H2,2H3;2-3,5,7H,1,4,6H2/t7?,8-;7-/m11/s1. The largest absolute Gasteiger partial charge is 0.295 e. The van der Waals surface area contributed by atoms with Crippen molar-refractivity contribution in [2.45, 2.75) is 26.2 Å². The summed E-state index contributed by atoms with van der Waals surface area (Å²) >= 11 is 0. The Bertz CT molecular complexity index is 415. The van der Waals surface area contributed by atoms with Gasteiger partial charge in [-0.15, -0.1) is 13.2 Å². The van der Waals surface area contributed by atoms with Crippen molar-refractivity contribution in [2.24, 2.45) is 17.8 Å². The summed E-state index contributed by atoms with van der Waals surface area (Å²) in [7, 11) is 0. The van der Waals surface area contributed by atoms with Crippen molar-refractivity contribution in [2.75, 3.05) is 0 Å². The zero-order valence-electron chi connectivity index (χ0n) is 11.5. The van der Waals surface area contributed by atoms with E-state index in [2.05, 4.69) is 13.2 Å². The second-order valence-electron chi connectivity index (χ2n) is 5.03. The van der Waals surface area contributed by atoms with Gasteiger partial charge in [-0.05, 0) is 36.8 Å². The molecule has 0 saturated carbocycles. The maximum absolute atomic E-state index is 11.0. The van der Waals surface area contributed by atoms with E-state index in [-0.39, 0.29) is 17.5 Å². The minimum Gasteiger partial charge on any atom is -0.295 e. The second-order valence-corrected chi connectivity index (χ2v) is 5.03. The molecule has 2 aliphatic rings. The lowest BCUT2D eigenvalue weighted by atomic mass is 9.84. The molecule has 0 bridgehead atoms. The Hall–Kier alpha value is -1.70. The van der Waals surface area contributed by atoms with Gasteiger partial charge in [-0.1, -0.05) is 31.2 Å². The third-order valence-corrected chi connectivity index (χ3v) is 3.62. The molecule has 0 saturated heterocycles. The predicted octanol–water partition coefficient (Wildman–Crippen LogP) is 3.66. The van der Waals surface area contributed by atoms with E-state index in [1.807, 2.05) is 31.2 Å². The number of ketones is 2. The van der Waals surface area contributed by atoms with Crippen LogP contribution in [0.2, 0.25) is 0 Å². The van der Waals surface area contributed by atoms with Crippen LogP contribution < -0.4 is 0 Å². The van der Waals surface area contributed by atoms with E-state index >= 15 is 0 Å². The van der Waals surface area contributed by atoms with E-state index in [4.69, 9.17) is 0 Å². The second kappa shape index (κ2) is 7.67. The first-order chi connectivity index (χ1) is 9.08. The minimum atomic E-state index is 0.141. The van der Waals surface area contributed by atoms with Crippen LogP contribution in [0.25, 0.3) is 0 Å². The van der Waals surface area contributed by atoms with Crippen molar-refractivity contribution in [3.8, 4) is 0 Å². The summed E-state index contributed by atoms with van der Waals surface area (Å²) in [5, 5.41) is 0. The fraction of sp³-hybridized carbons (Fsp3) is 0.412. The quantitative estimate of drug-likeness (QED) is 0.708. The lowest BCUT2D eigenvalue weighted by Gasteiger charge is -2.19. The van der Waals surface area contributed by atoms with Crippen LogP contribution in [0.1, 0.15) is 26.2 Å². The van der Waals surface area contributed by atoms with Gasteiger partial charge in [-0.2, -0.15) is 0 Å². The molecule has 3 atom stereocenters. The highest BCUT2D eigenvalue weighted by Gasteiger charge is 2.21. The number of hydrogen-bond acceptors (Lipinski definition) is 2. The third kappa shape index (κ3) is 4.82. The van der Waals surface area contributed by atoms with E-state index in [9.17, 15) is 9.59 Å². The van der Waals surface area contributed by atoms with Gasteiger partial charge < -0.3 is 0 Å². The predicted molar refractivity (Wildman–Crippen MR) is 78.7 cm³/mol.